The Bertz CT molecular complexity index is 825. The molecule has 8 heteroatoms. The molecule has 2 aromatic heterocycles. The minimum atomic E-state index is -0.158. The summed E-state index contributed by atoms with van der Waals surface area (Å²) >= 11 is 1.57. The molecular formula is C18H20N4O3S. The fourth-order valence-electron chi connectivity index (χ4n) is 2.26. The molecule has 3 rings (SSSR count). The molecule has 0 fully saturated rings. The molecule has 0 radical (unpaired) electrons. The van der Waals surface area contributed by atoms with Crippen molar-refractivity contribution in [2.24, 2.45) is 0 Å². The minimum Gasteiger partial charge on any atom is -0.491 e. The van der Waals surface area contributed by atoms with Crippen LogP contribution in [-0.4, -0.2) is 48.8 Å². The molecule has 0 aliphatic heterocycles. The summed E-state index contributed by atoms with van der Waals surface area (Å²) in [6.07, 6.45) is 1.53. The maximum Gasteiger partial charge on any atom is 0.246 e. The number of thiophene rings is 1. The molecule has 0 spiro atoms. The van der Waals surface area contributed by atoms with Crippen molar-refractivity contribution in [3.63, 3.8) is 0 Å². The van der Waals surface area contributed by atoms with Gasteiger partial charge in [0.2, 0.25) is 5.91 Å². The number of carbonyl (C=O) groups excluding carboxylic acids is 1. The summed E-state index contributed by atoms with van der Waals surface area (Å²) in [5.74, 6) is 1.41. The molecule has 2 N–H and O–H groups in total. The molecule has 1 aromatic carbocycles. The van der Waals surface area contributed by atoms with Crippen molar-refractivity contribution >= 4 is 33.3 Å². The summed E-state index contributed by atoms with van der Waals surface area (Å²) in [6.45, 7) is 1.84. The topological polar surface area (TPSA) is 85.4 Å². The third-order valence-corrected chi connectivity index (χ3v) is 4.29. The predicted molar refractivity (Wildman–Crippen MR) is 102 cm³/mol. The molecule has 0 aliphatic carbocycles. The summed E-state index contributed by atoms with van der Waals surface area (Å²) in [5.41, 5.74) is 0. The van der Waals surface area contributed by atoms with E-state index in [9.17, 15) is 4.79 Å². The van der Waals surface area contributed by atoms with E-state index in [2.05, 4.69) is 20.6 Å². The number of nitrogens with one attached hydrogen (secondary N) is 2. The number of anilines is 1. The maximum atomic E-state index is 11.7. The van der Waals surface area contributed by atoms with Crippen molar-refractivity contribution in [1.82, 2.24) is 15.3 Å². The van der Waals surface area contributed by atoms with Crippen LogP contribution in [0.4, 0.5) is 5.82 Å². The monoisotopic (exact) mass is 372 g/mol. The van der Waals surface area contributed by atoms with Crippen LogP contribution in [0.25, 0.3) is 10.2 Å². The number of rotatable bonds is 10. The van der Waals surface area contributed by atoms with Gasteiger partial charge in [0.15, 0.2) is 0 Å². The van der Waals surface area contributed by atoms with Gasteiger partial charge >= 0.3 is 0 Å². The predicted octanol–water partition coefficient (Wildman–Crippen LogP) is 2.32. The summed E-state index contributed by atoms with van der Waals surface area (Å²) in [5, 5.41) is 8.97. The van der Waals surface area contributed by atoms with E-state index in [1.165, 1.54) is 6.33 Å². The second kappa shape index (κ2) is 9.69. The van der Waals surface area contributed by atoms with Gasteiger partial charge in [-0.3, -0.25) is 4.79 Å². The van der Waals surface area contributed by atoms with E-state index in [4.69, 9.17) is 9.47 Å². The van der Waals surface area contributed by atoms with Crippen LogP contribution >= 0.6 is 11.3 Å². The van der Waals surface area contributed by atoms with Gasteiger partial charge in [0.25, 0.3) is 0 Å². The van der Waals surface area contributed by atoms with E-state index in [0.29, 0.717) is 26.3 Å². The quantitative estimate of drug-likeness (QED) is 0.531. The molecule has 2 heterocycles. The molecule has 26 heavy (non-hydrogen) atoms. The highest BCUT2D eigenvalue weighted by molar-refractivity contribution is 7.16. The maximum absolute atomic E-state index is 11.7. The highest BCUT2D eigenvalue weighted by Gasteiger charge is 2.04. The first-order chi connectivity index (χ1) is 12.8. The van der Waals surface area contributed by atoms with Crippen LogP contribution in [0, 0.1) is 0 Å². The number of aromatic nitrogens is 2. The standard InChI is InChI=1S/C18H20N4O3S/c23-16(12-24-9-10-25-14-4-2-1-3-5-14)19-7-8-20-17-15-6-11-26-18(15)22-13-21-17/h1-6,11,13H,7-10,12H2,(H,19,23)(H,20,21,22). The first-order valence-electron chi connectivity index (χ1n) is 8.27. The van der Waals surface area contributed by atoms with E-state index >= 15 is 0 Å². The van der Waals surface area contributed by atoms with Crippen LogP contribution in [0.3, 0.4) is 0 Å². The van der Waals surface area contributed by atoms with Crippen LogP contribution in [0.1, 0.15) is 0 Å². The third-order valence-electron chi connectivity index (χ3n) is 3.47. The first kappa shape index (κ1) is 18.1. The van der Waals surface area contributed by atoms with Crippen LogP contribution < -0.4 is 15.4 Å². The lowest BCUT2D eigenvalue weighted by molar-refractivity contribution is -0.125. The SMILES string of the molecule is O=C(COCCOc1ccccc1)NCCNc1ncnc2sccc12. The molecule has 0 unspecified atom stereocenters. The van der Waals surface area contributed by atoms with Crippen LogP contribution in [-0.2, 0) is 9.53 Å². The van der Waals surface area contributed by atoms with Crippen molar-refractivity contribution in [3.05, 3.63) is 48.1 Å². The van der Waals surface area contributed by atoms with Crippen molar-refractivity contribution in [2.45, 2.75) is 0 Å². The molecule has 7 nitrogen and oxygen atoms in total. The van der Waals surface area contributed by atoms with E-state index < -0.39 is 0 Å². The Morgan fingerprint density at radius 2 is 1.96 bits per heavy atom. The molecule has 0 bridgehead atoms. The second-order valence-electron chi connectivity index (χ2n) is 5.35. The smallest absolute Gasteiger partial charge is 0.246 e. The Morgan fingerprint density at radius 1 is 1.08 bits per heavy atom. The fraction of sp³-hybridized carbons (Fsp3) is 0.278. The zero-order chi connectivity index (χ0) is 18.0. The van der Waals surface area contributed by atoms with Crippen molar-refractivity contribution < 1.29 is 14.3 Å². The van der Waals surface area contributed by atoms with Gasteiger partial charge in [0.1, 0.15) is 35.9 Å². The summed E-state index contributed by atoms with van der Waals surface area (Å²) < 4.78 is 10.8. The third kappa shape index (κ3) is 5.40. The molecule has 0 saturated carbocycles. The van der Waals surface area contributed by atoms with Gasteiger partial charge < -0.3 is 20.1 Å². The van der Waals surface area contributed by atoms with E-state index in [0.717, 1.165) is 21.8 Å². The zero-order valence-corrected chi connectivity index (χ0v) is 15.0. The molecule has 1 amide bonds. The number of benzene rings is 1. The molecule has 0 saturated heterocycles. The lowest BCUT2D eigenvalue weighted by atomic mass is 10.3. The Kier molecular flexibility index (Phi) is 6.74. The number of hydrogen-bond acceptors (Lipinski definition) is 7. The Labute approximate surface area is 155 Å². The average Bonchev–Trinajstić information content (AvgIpc) is 3.15. The number of nitrogens with zero attached hydrogens (tertiary/aromatic N) is 2. The number of para-hydroxylation sites is 1. The molecular weight excluding hydrogens is 352 g/mol. The summed E-state index contributed by atoms with van der Waals surface area (Å²) in [6, 6.07) is 11.5. The van der Waals surface area contributed by atoms with E-state index in [-0.39, 0.29) is 12.5 Å². The number of fused-ring (bicyclic) bond motifs is 1. The lowest BCUT2D eigenvalue weighted by Crippen LogP contribution is -2.32. The highest BCUT2D eigenvalue weighted by atomic mass is 32.1. The van der Waals surface area contributed by atoms with Crippen LogP contribution in [0.15, 0.2) is 48.1 Å². The van der Waals surface area contributed by atoms with Crippen molar-refractivity contribution in [1.29, 1.82) is 0 Å². The molecule has 136 valence electrons. The normalized spacial score (nSPS) is 10.6. The van der Waals surface area contributed by atoms with Gasteiger partial charge in [0, 0.05) is 13.1 Å². The lowest BCUT2D eigenvalue weighted by Gasteiger charge is -2.09. The number of ether oxygens (including phenoxy) is 2. The minimum absolute atomic E-state index is 0.0143. The Morgan fingerprint density at radius 3 is 2.85 bits per heavy atom. The molecule has 0 aliphatic rings. The summed E-state index contributed by atoms with van der Waals surface area (Å²) in [4.78, 5) is 21.1. The summed E-state index contributed by atoms with van der Waals surface area (Å²) in [7, 11) is 0. The number of amides is 1. The Balaban J connectivity index is 1.26. The van der Waals surface area contributed by atoms with Crippen molar-refractivity contribution in [3.8, 4) is 5.75 Å². The number of hydrogen-bond donors (Lipinski definition) is 2. The van der Waals surface area contributed by atoms with Gasteiger partial charge in [-0.15, -0.1) is 11.3 Å². The van der Waals surface area contributed by atoms with Crippen molar-refractivity contribution in [2.75, 3.05) is 38.2 Å². The molecule has 3 aromatic rings. The first-order valence-corrected chi connectivity index (χ1v) is 9.15. The zero-order valence-electron chi connectivity index (χ0n) is 14.2. The average molecular weight is 372 g/mol. The van der Waals surface area contributed by atoms with Gasteiger partial charge in [0.05, 0.1) is 12.0 Å². The fourth-order valence-corrected chi connectivity index (χ4v) is 3.00. The Hall–Kier alpha value is -2.71. The number of carbonyl (C=O) groups is 1. The van der Waals surface area contributed by atoms with Gasteiger partial charge in [-0.1, -0.05) is 18.2 Å². The van der Waals surface area contributed by atoms with Crippen LogP contribution in [0.5, 0.6) is 5.75 Å². The van der Waals surface area contributed by atoms with E-state index in [1.807, 2.05) is 41.8 Å². The van der Waals surface area contributed by atoms with E-state index in [1.54, 1.807) is 11.3 Å². The highest BCUT2D eigenvalue weighted by Crippen LogP contribution is 2.23. The van der Waals surface area contributed by atoms with Gasteiger partial charge in [-0.05, 0) is 23.6 Å². The largest absolute Gasteiger partial charge is 0.491 e. The van der Waals surface area contributed by atoms with Crippen LogP contribution in [0.2, 0.25) is 0 Å². The van der Waals surface area contributed by atoms with Gasteiger partial charge in [-0.2, -0.15) is 0 Å². The molecule has 0 atom stereocenters. The second-order valence-corrected chi connectivity index (χ2v) is 6.25. The van der Waals surface area contributed by atoms with Gasteiger partial charge in [-0.25, -0.2) is 9.97 Å².